The van der Waals surface area contributed by atoms with Gasteiger partial charge in [-0.25, -0.2) is 8.42 Å². The van der Waals surface area contributed by atoms with Gasteiger partial charge in [0, 0.05) is 32.7 Å². The number of rotatable bonds is 4. The zero-order valence-electron chi connectivity index (χ0n) is 11.9. The van der Waals surface area contributed by atoms with E-state index in [1.165, 1.54) is 23.2 Å². The highest BCUT2D eigenvalue weighted by Crippen LogP contribution is 2.30. The summed E-state index contributed by atoms with van der Waals surface area (Å²) in [6, 6.07) is 8.24. The highest BCUT2D eigenvalue weighted by Gasteiger charge is 2.31. The first-order chi connectivity index (χ1) is 10.1. The van der Waals surface area contributed by atoms with Crippen LogP contribution in [0.5, 0.6) is 0 Å². The minimum atomic E-state index is -3.48. The number of hydrogen-bond acceptors (Lipinski definition) is 4. The van der Waals surface area contributed by atoms with Gasteiger partial charge in [-0.05, 0) is 37.0 Å². The number of piperazine rings is 1. The molecule has 2 fully saturated rings. The molecule has 0 unspecified atom stereocenters. The van der Waals surface area contributed by atoms with Gasteiger partial charge in [-0.1, -0.05) is 6.07 Å². The van der Waals surface area contributed by atoms with Crippen molar-refractivity contribution in [2.75, 3.05) is 32.7 Å². The third-order valence-electron chi connectivity index (χ3n) is 4.15. The van der Waals surface area contributed by atoms with E-state index < -0.39 is 10.0 Å². The second-order valence-corrected chi connectivity index (χ2v) is 7.73. The normalized spacial score (nSPS) is 21.1. The van der Waals surface area contributed by atoms with Crippen LogP contribution in [0.4, 0.5) is 0 Å². The maximum atomic E-state index is 12.6. The molecule has 3 rings (SSSR count). The molecule has 0 atom stereocenters. The van der Waals surface area contributed by atoms with Crippen LogP contribution in [0.25, 0.3) is 0 Å². The van der Waals surface area contributed by atoms with E-state index in [-0.39, 0.29) is 4.90 Å². The van der Waals surface area contributed by atoms with Crippen LogP contribution < -0.4 is 0 Å². The van der Waals surface area contributed by atoms with Crippen molar-refractivity contribution in [2.45, 2.75) is 17.7 Å². The second kappa shape index (κ2) is 5.76. The summed E-state index contributed by atoms with van der Waals surface area (Å²) in [5.74, 6) is 0.834. The van der Waals surface area contributed by atoms with Crippen LogP contribution in [-0.4, -0.2) is 50.3 Å². The lowest BCUT2D eigenvalue weighted by molar-refractivity contribution is 0.182. The highest BCUT2D eigenvalue weighted by atomic mass is 32.2. The molecule has 0 amide bonds. The van der Waals surface area contributed by atoms with Gasteiger partial charge in [0.2, 0.25) is 10.0 Å². The Balaban J connectivity index is 1.69. The highest BCUT2D eigenvalue weighted by molar-refractivity contribution is 7.89. The molecular formula is C15H19N3O2S. The lowest BCUT2D eigenvalue weighted by Crippen LogP contribution is -2.49. The van der Waals surface area contributed by atoms with Gasteiger partial charge >= 0.3 is 0 Å². The molecular weight excluding hydrogens is 286 g/mol. The summed E-state index contributed by atoms with van der Waals surface area (Å²) in [6.45, 7) is 3.77. The predicted octanol–water partition coefficient (Wildman–Crippen LogP) is 1.27. The molecule has 1 aromatic carbocycles. The Labute approximate surface area is 125 Å². The molecule has 1 aliphatic heterocycles. The summed E-state index contributed by atoms with van der Waals surface area (Å²) in [5.41, 5.74) is 0.378. The molecule has 5 nitrogen and oxygen atoms in total. The molecule has 0 bridgehead atoms. The molecule has 1 saturated carbocycles. The lowest BCUT2D eigenvalue weighted by atomic mass is 10.2. The van der Waals surface area contributed by atoms with E-state index in [9.17, 15) is 8.42 Å². The van der Waals surface area contributed by atoms with Crippen molar-refractivity contribution in [1.82, 2.24) is 9.21 Å². The Kier molecular flexibility index (Phi) is 3.98. The summed E-state index contributed by atoms with van der Waals surface area (Å²) >= 11 is 0. The van der Waals surface area contributed by atoms with E-state index in [1.807, 2.05) is 6.07 Å². The molecule has 1 heterocycles. The quantitative estimate of drug-likeness (QED) is 0.840. The molecule has 0 N–H and O–H groups in total. The van der Waals surface area contributed by atoms with Crippen LogP contribution in [0, 0.1) is 17.2 Å². The van der Waals surface area contributed by atoms with Crippen molar-refractivity contribution < 1.29 is 8.42 Å². The van der Waals surface area contributed by atoms with E-state index in [1.54, 1.807) is 18.2 Å². The van der Waals surface area contributed by atoms with Crippen molar-refractivity contribution in [3.8, 4) is 6.07 Å². The molecule has 1 aliphatic carbocycles. The molecule has 21 heavy (non-hydrogen) atoms. The summed E-state index contributed by atoms with van der Waals surface area (Å²) in [7, 11) is -3.48. The number of benzene rings is 1. The van der Waals surface area contributed by atoms with Crippen LogP contribution >= 0.6 is 0 Å². The van der Waals surface area contributed by atoms with Crippen molar-refractivity contribution in [1.29, 1.82) is 5.26 Å². The Morgan fingerprint density at radius 1 is 1.19 bits per heavy atom. The van der Waals surface area contributed by atoms with E-state index >= 15 is 0 Å². The molecule has 2 aliphatic rings. The third-order valence-corrected chi connectivity index (χ3v) is 6.04. The average Bonchev–Trinajstić information content (AvgIpc) is 3.32. The van der Waals surface area contributed by atoms with Gasteiger partial charge in [-0.3, -0.25) is 0 Å². The summed E-state index contributed by atoms with van der Waals surface area (Å²) in [5, 5.41) is 8.90. The van der Waals surface area contributed by atoms with Gasteiger partial charge < -0.3 is 4.90 Å². The standard InChI is InChI=1S/C15H19N3O2S/c16-11-14-2-1-3-15(10-14)21(19,20)18-8-6-17(7-9-18)12-13-4-5-13/h1-3,10,13H,4-9,12H2. The van der Waals surface area contributed by atoms with Gasteiger partial charge in [-0.15, -0.1) is 0 Å². The van der Waals surface area contributed by atoms with Crippen molar-refractivity contribution in [3.05, 3.63) is 29.8 Å². The maximum Gasteiger partial charge on any atom is 0.243 e. The molecule has 6 heteroatoms. The molecule has 0 aromatic heterocycles. The summed E-state index contributed by atoms with van der Waals surface area (Å²) in [4.78, 5) is 2.58. The van der Waals surface area contributed by atoms with Crippen LogP contribution in [0.1, 0.15) is 18.4 Å². The van der Waals surface area contributed by atoms with Gasteiger partial charge in [0.25, 0.3) is 0 Å². The van der Waals surface area contributed by atoms with Crippen molar-refractivity contribution in [3.63, 3.8) is 0 Å². The van der Waals surface area contributed by atoms with E-state index in [0.29, 0.717) is 18.7 Å². The molecule has 1 aromatic rings. The molecule has 1 saturated heterocycles. The SMILES string of the molecule is N#Cc1cccc(S(=O)(=O)N2CCN(CC3CC3)CC2)c1. The third kappa shape index (κ3) is 3.26. The van der Waals surface area contributed by atoms with E-state index in [0.717, 1.165) is 25.6 Å². The molecule has 112 valence electrons. The minimum Gasteiger partial charge on any atom is -0.300 e. The summed E-state index contributed by atoms with van der Waals surface area (Å²) < 4.78 is 26.7. The predicted molar refractivity (Wildman–Crippen MR) is 79.1 cm³/mol. The Morgan fingerprint density at radius 3 is 2.52 bits per heavy atom. The van der Waals surface area contributed by atoms with E-state index in [4.69, 9.17) is 5.26 Å². The molecule has 0 radical (unpaired) electrons. The van der Waals surface area contributed by atoms with Gasteiger partial charge in [0.1, 0.15) is 0 Å². The van der Waals surface area contributed by atoms with Crippen LogP contribution in [0.2, 0.25) is 0 Å². The Morgan fingerprint density at radius 2 is 1.90 bits per heavy atom. The molecule has 0 spiro atoms. The lowest BCUT2D eigenvalue weighted by Gasteiger charge is -2.34. The van der Waals surface area contributed by atoms with Gasteiger partial charge in [0.15, 0.2) is 0 Å². The number of hydrogen-bond donors (Lipinski definition) is 0. The number of nitriles is 1. The fourth-order valence-corrected chi connectivity index (χ4v) is 4.16. The van der Waals surface area contributed by atoms with Crippen molar-refractivity contribution in [2.24, 2.45) is 5.92 Å². The Hall–Kier alpha value is -1.42. The zero-order chi connectivity index (χ0) is 14.9. The maximum absolute atomic E-state index is 12.6. The van der Waals surface area contributed by atoms with Crippen LogP contribution in [-0.2, 0) is 10.0 Å². The van der Waals surface area contributed by atoms with Crippen LogP contribution in [0.3, 0.4) is 0 Å². The zero-order valence-corrected chi connectivity index (χ0v) is 12.7. The first-order valence-corrected chi connectivity index (χ1v) is 8.76. The smallest absolute Gasteiger partial charge is 0.243 e. The van der Waals surface area contributed by atoms with Gasteiger partial charge in [0.05, 0.1) is 16.5 Å². The number of sulfonamides is 1. The first-order valence-electron chi connectivity index (χ1n) is 7.32. The fourth-order valence-electron chi connectivity index (χ4n) is 2.69. The number of nitrogens with zero attached hydrogens (tertiary/aromatic N) is 3. The monoisotopic (exact) mass is 305 g/mol. The van der Waals surface area contributed by atoms with E-state index in [2.05, 4.69) is 4.90 Å². The van der Waals surface area contributed by atoms with Crippen molar-refractivity contribution >= 4 is 10.0 Å². The fraction of sp³-hybridized carbons (Fsp3) is 0.533. The second-order valence-electron chi connectivity index (χ2n) is 5.79. The topological polar surface area (TPSA) is 64.4 Å². The summed E-state index contributed by atoms with van der Waals surface area (Å²) in [6.07, 6.45) is 2.64. The van der Waals surface area contributed by atoms with Gasteiger partial charge in [-0.2, -0.15) is 9.57 Å². The largest absolute Gasteiger partial charge is 0.300 e. The average molecular weight is 305 g/mol. The first kappa shape index (κ1) is 14.5. The Bertz CT molecular complexity index is 654. The van der Waals surface area contributed by atoms with Crippen LogP contribution in [0.15, 0.2) is 29.2 Å². The minimum absolute atomic E-state index is 0.220.